The summed E-state index contributed by atoms with van der Waals surface area (Å²) in [6.07, 6.45) is 2.05. The molecule has 0 bridgehead atoms. The minimum Gasteiger partial charge on any atom is -0.311 e. The zero-order chi connectivity index (χ0) is 43.2. The molecule has 6 aromatic carbocycles. The van der Waals surface area contributed by atoms with Crippen LogP contribution in [0.1, 0.15) is 105 Å². The monoisotopic (exact) mass is 797 g/mol. The van der Waals surface area contributed by atoms with Crippen LogP contribution in [0.2, 0.25) is 0 Å². The summed E-state index contributed by atoms with van der Waals surface area (Å²) >= 11 is 0. The fraction of sp³-hybridized carbons (Fsp3) is 0.281. The molecule has 0 aliphatic carbocycles. The van der Waals surface area contributed by atoms with Gasteiger partial charge in [-0.15, -0.1) is 0 Å². The van der Waals surface area contributed by atoms with Gasteiger partial charge < -0.3 is 9.80 Å². The molecule has 2 aliphatic heterocycles. The van der Waals surface area contributed by atoms with E-state index < -0.39 is 0 Å². The quantitative estimate of drug-likeness (QED) is 0.165. The van der Waals surface area contributed by atoms with E-state index in [9.17, 15) is 0 Å². The average Bonchev–Trinajstić information content (AvgIpc) is 3.22. The molecule has 0 amide bonds. The Morgan fingerprint density at radius 1 is 0.377 bits per heavy atom. The van der Waals surface area contributed by atoms with E-state index in [0.717, 1.165) is 33.8 Å². The first kappa shape index (κ1) is 40.5. The fourth-order valence-corrected chi connectivity index (χ4v) is 9.23. The molecule has 4 heteroatoms. The Morgan fingerprint density at radius 2 is 0.803 bits per heavy atom. The van der Waals surface area contributed by atoms with Gasteiger partial charge in [-0.25, -0.2) is 0 Å². The van der Waals surface area contributed by atoms with Crippen LogP contribution in [0.3, 0.4) is 0 Å². The van der Waals surface area contributed by atoms with Gasteiger partial charge in [0, 0.05) is 51.4 Å². The Labute approximate surface area is 365 Å². The van der Waals surface area contributed by atoms with E-state index in [1.807, 2.05) is 0 Å². The van der Waals surface area contributed by atoms with Crippen LogP contribution in [0.5, 0.6) is 0 Å². The Bertz CT molecular complexity index is 2610. The first-order valence-corrected chi connectivity index (χ1v) is 22.1. The standard InChI is InChI=1S/C57H60BN3/c1-54(2,3)40-19-25-44(26-20-40)60-49-30-23-42(56(7,8)9)34-46(49)58-47-35-43(57(10,11)12)24-31-50(47)61(45-27-21-41(22-28-45)55(4,5)6)52-33-39(32-51(60)53(52)58)38-18-29-48(59-36-38)37-16-14-13-15-17-37/h13-36H,1-12H3. The lowest BCUT2D eigenvalue weighted by atomic mass is 9.33. The van der Waals surface area contributed by atoms with Crippen LogP contribution in [-0.4, -0.2) is 11.7 Å². The van der Waals surface area contributed by atoms with E-state index in [0.29, 0.717) is 0 Å². The summed E-state index contributed by atoms with van der Waals surface area (Å²) in [5.74, 6) is 0. The summed E-state index contributed by atoms with van der Waals surface area (Å²) in [6, 6.07) is 52.9. The molecule has 7 aromatic rings. The molecule has 2 aliphatic rings. The van der Waals surface area contributed by atoms with E-state index in [1.54, 1.807) is 0 Å². The highest BCUT2D eigenvalue weighted by atomic mass is 15.2. The van der Waals surface area contributed by atoms with Crippen LogP contribution in [0.25, 0.3) is 22.4 Å². The van der Waals surface area contributed by atoms with Crippen molar-refractivity contribution in [3.63, 3.8) is 0 Å². The third-order valence-corrected chi connectivity index (χ3v) is 12.9. The van der Waals surface area contributed by atoms with Gasteiger partial charge >= 0.3 is 0 Å². The maximum atomic E-state index is 5.05. The molecule has 0 atom stereocenters. The molecular weight excluding hydrogens is 737 g/mol. The van der Waals surface area contributed by atoms with Crippen molar-refractivity contribution < 1.29 is 0 Å². The minimum atomic E-state index is -0.0221. The zero-order valence-corrected chi connectivity index (χ0v) is 38.3. The second kappa shape index (κ2) is 14.4. The third kappa shape index (κ3) is 7.28. The third-order valence-electron chi connectivity index (χ3n) is 12.9. The van der Waals surface area contributed by atoms with Crippen molar-refractivity contribution >= 4 is 57.2 Å². The molecule has 0 fully saturated rings. The van der Waals surface area contributed by atoms with Crippen LogP contribution >= 0.6 is 0 Å². The number of anilines is 6. The van der Waals surface area contributed by atoms with Crippen molar-refractivity contribution in [2.75, 3.05) is 9.80 Å². The van der Waals surface area contributed by atoms with Gasteiger partial charge in [0.05, 0.1) is 5.69 Å². The van der Waals surface area contributed by atoms with Crippen LogP contribution in [0, 0.1) is 0 Å². The molecule has 3 nitrogen and oxygen atoms in total. The number of rotatable bonds is 4. The zero-order valence-electron chi connectivity index (χ0n) is 38.3. The summed E-state index contributed by atoms with van der Waals surface area (Å²) in [5.41, 5.74) is 20.9. The summed E-state index contributed by atoms with van der Waals surface area (Å²) in [5, 5.41) is 0. The van der Waals surface area contributed by atoms with Gasteiger partial charge in [-0.1, -0.05) is 168 Å². The lowest BCUT2D eigenvalue weighted by molar-refractivity contribution is 0.590. The first-order chi connectivity index (χ1) is 28.8. The largest absolute Gasteiger partial charge is 0.311 e. The van der Waals surface area contributed by atoms with E-state index in [1.165, 1.54) is 61.4 Å². The SMILES string of the molecule is CC(C)(C)c1ccc(N2c3ccc(C(C)(C)C)cc3B3c4cc(C(C)(C)C)ccc4N(c4ccc(C(C)(C)C)cc4)c4cc(-c5ccc(-c6ccccc6)nc5)cc2c43)cc1. The highest BCUT2D eigenvalue weighted by molar-refractivity contribution is 7.00. The lowest BCUT2D eigenvalue weighted by Gasteiger charge is -2.45. The topological polar surface area (TPSA) is 19.4 Å². The van der Waals surface area contributed by atoms with Crippen LogP contribution < -0.4 is 26.2 Å². The van der Waals surface area contributed by atoms with Crippen molar-refractivity contribution in [2.24, 2.45) is 0 Å². The summed E-state index contributed by atoms with van der Waals surface area (Å²) < 4.78 is 0. The molecule has 0 N–H and O–H groups in total. The van der Waals surface area contributed by atoms with Gasteiger partial charge in [-0.3, -0.25) is 4.98 Å². The Hall–Kier alpha value is -5.87. The van der Waals surface area contributed by atoms with Gasteiger partial charge in [0.15, 0.2) is 0 Å². The van der Waals surface area contributed by atoms with Crippen molar-refractivity contribution in [1.82, 2.24) is 4.98 Å². The summed E-state index contributed by atoms with van der Waals surface area (Å²) in [7, 11) is 0. The molecule has 0 unspecified atom stereocenters. The molecule has 1 aromatic heterocycles. The van der Waals surface area contributed by atoms with Crippen LogP contribution in [-0.2, 0) is 21.7 Å². The first-order valence-electron chi connectivity index (χ1n) is 22.1. The molecule has 0 radical (unpaired) electrons. The van der Waals surface area contributed by atoms with Crippen molar-refractivity contribution in [1.29, 1.82) is 0 Å². The van der Waals surface area contributed by atoms with Gasteiger partial charge in [0.1, 0.15) is 0 Å². The van der Waals surface area contributed by atoms with Crippen LogP contribution in [0.4, 0.5) is 34.1 Å². The summed E-state index contributed by atoms with van der Waals surface area (Å²) in [4.78, 5) is 10.1. The molecule has 0 saturated heterocycles. The van der Waals surface area contributed by atoms with Gasteiger partial charge in [-0.2, -0.15) is 0 Å². The number of aromatic nitrogens is 1. The highest BCUT2D eigenvalue weighted by Crippen LogP contribution is 2.47. The molecule has 9 rings (SSSR count). The second-order valence-electron chi connectivity index (χ2n) is 21.5. The number of fused-ring (bicyclic) bond motifs is 4. The van der Waals surface area contributed by atoms with Crippen molar-refractivity contribution in [3.05, 3.63) is 168 Å². The van der Waals surface area contributed by atoms with E-state index in [-0.39, 0.29) is 28.4 Å². The van der Waals surface area contributed by atoms with Gasteiger partial charge in [-0.05, 0) is 120 Å². The number of benzene rings is 6. The van der Waals surface area contributed by atoms with Crippen molar-refractivity contribution in [2.45, 2.75) is 105 Å². The molecule has 306 valence electrons. The van der Waals surface area contributed by atoms with Gasteiger partial charge in [0.25, 0.3) is 6.71 Å². The fourth-order valence-electron chi connectivity index (χ4n) is 9.23. The molecule has 0 spiro atoms. The van der Waals surface area contributed by atoms with Gasteiger partial charge in [0.2, 0.25) is 0 Å². The minimum absolute atomic E-state index is 0.0161. The number of pyridine rings is 1. The number of hydrogen-bond donors (Lipinski definition) is 0. The normalized spacial score (nSPS) is 13.8. The maximum Gasteiger partial charge on any atom is 0.252 e. The maximum absolute atomic E-state index is 5.05. The average molecular weight is 798 g/mol. The second-order valence-corrected chi connectivity index (χ2v) is 21.5. The Kier molecular flexibility index (Phi) is 9.55. The van der Waals surface area contributed by atoms with E-state index >= 15 is 0 Å². The van der Waals surface area contributed by atoms with E-state index in [2.05, 4.69) is 239 Å². The number of hydrogen-bond acceptors (Lipinski definition) is 3. The Morgan fingerprint density at radius 3 is 1.20 bits per heavy atom. The molecule has 0 saturated carbocycles. The number of nitrogens with zero attached hydrogens (tertiary/aromatic N) is 3. The molecular formula is C57H60BN3. The van der Waals surface area contributed by atoms with Crippen molar-refractivity contribution in [3.8, 4) is 22.4 Å². The molecule has 61 heavy (non-hydrogen) atoms. The lowest BCUT2D eigenvalue weighted by Crippen LogP contribution is -2.61. The molecule has 3 heterocycles. The predicted octanol–water partition coefficient (Wildman–Crippen LogP) is 13.7. The highest BCUT2D eigenvalue weighted by Gasteiger charge is 2.44. The Balaban J connectivity index is 1.37. The summed E-state index contributed by atoms with van der Waals surface area (Å²) in [6.45, 7) is 27.8. The smallest absolute Gasteiger partial charge is 0.252 e. The predicted molar refractivity (Wildman–Crippen MR) is 264 cm³/mol. The van der Waals surface area contributed by atoms with Crippen LogP contribution in [0.15, 0.2) is 146 Å². The van der Waals surface area contributed by atoms with E-state index in [4.69, 9.17) is 4.98 Å².